The molecule has 2 aromatic rings. The minimum absolute atomic E-state index is 0.978. The third kappa shape index (κ3) is 2.45. The van der Waals surface area contributed by atoms with Crippen LogP contribution in [0.1, 0.15) is 28.5 Å². The van der Waals surface area contributed by atoms with Gasteiger partial charge in [-0.3, -0.25) is 0 Å². The maximum Gasteiger partial charge on any atom is 0.152 e. The molecule has 1 aromatic heterocycles. The van der Waals surface area contributed by atoms with Gasteiger partial charge in [0.05, 0.1) is 0 Å². The Morgan fingerprint density at radius 3 is 2.87 bits per heavy atom. The molecule has 0 aliphatic heterocycles. The number of benzene rings is 1. The molecule has 0 amide bonds. The van der Waals surface area contributed by atoms with Crippen molar-refractivity contribution < 1.29 is 0 Å². The Morgan fingerprint density at radius 2 is 2.27 bits per heavy atom. The van der Waals surface area contributed by atoms with Gasteiger partial charge in [-0.05, 0) is 30.0 Å². The molecular weight excluding hydrogens is 202 g/mol. The van der Waals surface area contributed by atoms with E-state index in [0.717, 1.165) is 12.8 Å². The number of nitrogens with zero attached hydrogens (tertiary/aromatic N) is 1. The summed E-state index contributed by atoms with van der Waals surface area (Å²) in [7, 11) is 0. The normalized spacial score (nSPS) is 10.5. The van der Waals surface area contributed by atoms with Crippen LogP contribution in [0.2, 0.25) is 0 Å². The van der Waals surface area contributed by atoms with Crippen LogP contribution in [0.3, 0.4) is 0 Å². The van der Waals surface area contributed by atoms with Crippen LogP contribution in [0.25, 0.3) is 0 Å². The zero-order valence-corrected chi connectivity index (χ0v) is 9.90. The van der Waals surface area contributed by atoms with Crippen LogP contribution >= 0.6 is 11.3 Å². The zero-order chi connectivity index (χ0) is 10.7. The summed E-state index contributed by atoms with van der Waals surface area (Å²) in [5.74, 6) is 0. The van der Waals surface area contributed by atoms with Crippen LogP contribution in [0.15, 0.2) is 24.4 Å². The fourth-order valence-electron chi connectivity index (χ4n) is 1.76. The summed E-state index contributed by atoms with van der Waals surface area (Å²) < 4.78 is 0. The predicted molar refractivity (Wildman–Crippen MR) is 64.3 cm³/mol. The molecule has 0 N–H and O–H groups in total. The first-order valence-electron chi connectivity index (χ1n) is 5.18. The van der Waals surface area contributed by atoms with Crippen molar-refractivity contribution in [3.63, 3.8) is 0 Å². The molecule has 2 heteroatoms. The molecule has 1 aromatic carbocycles. The first kappa shape index (κ1) is 10.4. The summed E-state index contributed by atoms with van der Waals surface area (Å²) in [6, 6.07) is 6.72. The predicted octanol–water partition coefficient (Wildman–Crippen LogP) is 3.40. The van der Waals surface area contributed by atoms with Gasteiger partial charge >= 0.3 is 0 Å². The minimum Gasteiger partial charge on any atom is -0.242 e. The van der Waals surface area contributed by atoms with E-state index in [9.17, 15) is 0 Å². The molecule has 1 radical (unpaired) electrons. The highest BCUT2D eigenvalue weighted by atomic mass is 32.1. The van der Waals surface area contributed by atoms with E-state index in [-0.39, 0.29) is 0 Å². The molecule has 0 bridgehead atoms. The quantitative estimate of drug-likeness (QED) is 0.766. The van der Waals surface area contributed by atoms with Crippen molar-refractivity contribution in [1.29, 1.82) is 0 Å². The number of rotatable bonds is 3. The van der Waals surface area contributed by atoms with Crippen LogP contribution in [-0.4, -0.2) is 4.98 Å². The second-order valence-electron chi connectivity index (χ2n) is 3.71. The highest BCUT2D eigenvalue weighted by Gasteiger charge is 2.01. The van der Waals surface area contributed by atoms with Gasteiger partial charge < -0.3 is 0 Å². The Hall–Kier alpha value is -1.15. The van der Waals surface area contributed by atoms with Crippen molar-refractivity contribution in [3.05, 3.63) is 51.5 Å². The molecule has 0 fully saturated rings. The van der Waals surface area contributed by atoms with Crippen LogP contribution < -0.4 is 0 Å². The summed E-state index contributed by atoms with van der Waals surface area (Å²) in [4.78, 5) is 5.24. The Morgan fingerprint density at radius 1 is 1.40 bits per heavy atom. The van der Waals surface area contributed by atoms with Crippen LogP contribution in [-0.2, 0) is 12.8 Å². The summed E-state index contributed by atoms with van der Waals surface area (Å²) in [5.41, 5.74) is 7.07. The van der Waals surface area contributed by atoms with E-state index < -0.39 is 0 Å². The molecule has 2 rings (SSSR count). The maximum absolute atomic E-state index is 3.97. The smallest absolute Gasteiger partial charge is 0.152 e. The van der Waals surface area contributed by atoms with E-state index in [2.05, 4.69) is 42.5 Å². The fourth-order valence-corrected chi connectivity index (χ4v) is 2.32. The summed E-state index contributed by atoms with van der Waals surface area (Å²) in [6.45, 7) is 4.38. The number of aryl methyl sites for hydroxylation is 2. The molecule has 0 aliphatic rings. The van der Waals surface area contributed by atoms with Gasteiger partial charge in [0.1, 0.15) is 0 Å². The Balaban J connectivity index is 2.20. The summed E-state index contributed by atoms with van der Waals surface area (Å²) >= 11 is 1.60. The highest BCUT2D eigenvalue weighted by molar-refractivity contribution is 7.09. The van der Waals surface area contributed by atoms with Gasteiger partial charge in [0.2, 0.25) is 0 Å². The van der Waals surface area contributed by atoms with Crippen LogP contribution in [0, 0.1) is 12.4 Å². The molecule has 0 aliphatic carbocycles. The second kappa shape index (κ2) is 4.58. The molecule has 0 saturated carbocycles. The van der Waals surface area contributed by atoms with E-state index >= 15 is 0 Å². The van der Waals surface area contributed by atoms with Gasteiger partial charge in [0.15, 0.2) is 5.51 Å². The largest absolute Gasteiger partial charge is 0.242 e. The fraction of sp³-hybridized carbons (Fsp3) is 0.308. The number of hydrogen-bond donors (Lipinski definition) is 0. The van der Waals surface area contributed by atoms with E-state index in [0.29, 0.717) is 0 Å². The Kier molecular flexibility index (Phi) is 3.17. The molecule has 0 atom stereocenters. The molecule has 0 spiro atoms. The number of aromatic nitrogens is 1. The minimum atomic E-state index is 0.978. The first-order valence-corrected chi connectivity index (χ1v) is 6.00. The number of hydrogen-bond acceptors (Lipinski definition) is 2. The van der Waals surface area contributed by atoms with Crippen molar-refractivity contribution >= 4 is 11.3 Å². The van der Waals surface area contributed by atoms with Gasteiger partial charge in [-0.25, -0.2) is 4.98 Å². The van der Waals surface area contributed by atoms with Gasteiger partial charge in [-0.2, -0.15) is 0 Å². The SMILES string of the molecule is CCc1ccc(Cc2cn[c]s2)cc1C. The van der Waals surface area contributed by atoms with E-state index in [4.69, 9.17) is 0 Å². The lowest BCUT2D eigenvalue weighted by Crippen LogP contribution is -1.90. The molecule has 1 heterocycles. The lowest BCUT2D eigenvalue weighted by Gasteiger charge is -2.05. The monoisotopic (exact) mass is 216 g/mol. The second-order valence-corrected chi connectivity index (χ2v) is 4.62. The molecule has 77 valence electrons. The topological polar surface area (TPSA) is 12.9 Å². The molecule has 15 heavy (non-hydrogen) atoms. The van der Waals surface area contributed by atoms with E-state index in [1.165, 1.54) is 21.6 Å². The summed E-state index contributed by atoms with van der Waals surface area (Å²) in [5, 5.41) is 0. The molecule has 0 unspecified atom stereocenters. The standard InChI is InChI=1S/C13H14NS/c1-3-12-5-4-11(6-10(12)2)7-13-8-14-9-15-13/h4-6,8H,3,7H2,1-2H3. The third-order valence-electron chi connectivity index (χ3n) is 2.60. The molecular formula is C13H14NS. The van der Waals surface area contributed by atoms with Crippen molar-refractivity contribution in [2.45, 2.75) is 26.7 Å². The van der Waals surface area contributed by atoms with Crippen molar-refractivity contribution in [2.24, 2.45) is 0 Å². The average Bonchev–Trinajstić information content (AvgIpc) is 2.71. The number of thiazole rings is 1. The van der Waals surface area contributed by atoms with Crippen molar-refractivity contribution in [3.8, 4) is 0 Å². The lowest BCUT2D eigenvalue weighted by atomic mass is 10.0. The maximum atomic E-state index is 3.97. The van der Waals surface area contributed by atoms with Gasteiger partial charge in [0.25, 0.3) is 0 Å². The van der Waals surface area contributed by atoms with E-state index in [1.54, 1.807) is 11.3 Å². The lowest BCUT2D eigenvalue weighted by molar-refractivity contribution is 1.09. The van der Waals surface area contributed by atoms with E-state index in [1.807, 2.05) is 6.20 Å². The molecule has 0 saturated heterocycles. The Labute approximate surface area is 94.8 Å². The first-order chi connectivity index (χ1) is 7.29. The van der Waals surface area contributed by atoms with Crippen molar-refractivity contribution in [2.75, 3.05) is 0 Å². The summed E-state index contributed by atoms with van der Waals surface area (Å²) in [6.07, 6.45) is 3.99. The van der Waals surface area contributed by atoms with Gasteiger partial charge in [-0.1, -0.05) is 25.1 Å². The Bertz CT molecular complexity index is 432. The van der Waals surface area contributed by atoms with Crippen LogP contribution in [0.5, 0.6) is 0 Å². The zero-order valence-electron chi connectivity index (χ0n) is 9.08. The van der Waals surface area contributed by atoms with Crippen molar-refractivity contribution in [1.82, 2.24) is 4.98 Å². The highest BCUT2D eigenvalue weighted by Crippen LogP contribution is 2.16. The average molecular weight is 216 g/mol. The molecule has 1 nitrogen and oxygen atoms in total. The third-order valence-corrected chi connectivity index (χ3v) is 3.31. The van der Waals surface area contributed by atoms with Crippen LogP contribution in [0.4, 0.5) is 0 Å². The van der Waals surface area contributed by atoms with Gasteiger partial charge in [0, 0.05) is 17.5 Å². The van der Waals surface area contributed by atoms with Gasteiger partial charge in [-0.15, -0.1) is 11.3 Å².